The van der Waals surface area contributed by atoms with E-state index in [1.807, 2.05) is 6.92 Å². The van der Waals surface area contributed by atoms with Crippen molar-refractivity contribution < 1.29 is 4.79 Å². The van der Waals surface area contributed by atoms with Gasteiger partial charge in [0.25, 0.3) is 0 Å². The molecule has 0 aromatic heterocycles. The van der Waals surface area contributed by atoms with Crippen LogP contribution in [0, 0.1) is 0 Å². The molecule has 0 aromatic rings. The average molecular weight is 226 g/mol. The van der Waals surface area contributed by atoms with Crippen LogP contribution in [0.1, 0.15) is 46.5 Å². The number of nitrogens with one attached hydrogen (secondary N) is 1. The van der Waals surface area contributed by atoms with Gasteiger partial charge in [-0.05, 0) is 45.8 Å². The van der Waals surface area contributed by atoms with Gasteiger partial charge in [-0.15, -0.1) is 0 Å². The Morgan fingerprint density at radius 1 is 1.38 bits per heavy atom. The van der Waals surface area contributed by atoms with Crippen molar-refractivity contribution in [2.45, 2.75) is 58.5 Å². The standard InChI is InChI=1S/C13H26N2O/c1-4-10-15(11(3)13(16)5-2)12-6-8-14-9-7-12/h11-12,14H,4-10H2,1-3H3. The van der Waals surface area contributed by atoms with Crippen molar-refractivity contribution in [1.82, 2.24) is 10.2 Å². The quantitative estimate of drug-likeness (QED) is 0.750. The summed E-state index contributed by atoms with van der Waals surface area (Å²) in [7, 11) is 0. The van der Waals surface area contributed by atoms with Crippen molar-refractivity contribution in [3.8, 4) is 0 Å². The molecule has 1 aliphatic rings. The molecule has 1 saturated heterocycles. The summed E-state index contributed by atoms with van der Waals surface area (Å²) >= 11 is 0. The van der Waals surface area contributed by atoms with Gasteiger partial charge in [0.15, 0.2) is 0 Å². The van der Waals surface area contributed by atoms with E-state index in [0.29, 0.717) is 18.2 Å². The van der Waals surface area contributed by atoms with E-state index in [-0.39, 0.29) is 6.04 Å². The molecule has 1 fully saturated rings. The van der Waals surface area contributed by atoms with E-state index < -0.39 is 0 Å². The van der Waals surface area contributed by atoms with Crippen molar-refractivity contribution >= 4 is 5.78 Å². The molecule has 0 spiro atoms. The molecule has 1 unspecified atom stereocenters. The average Bonchev–Trinajstić information content (AvgIpc) is 2.35. The first-order chi connectivity index (χ1) is 7.70. The smallest absolute Gasteiger partial charge is 0.149 e. The summed E-state index contributed by atoms with van der Waals surface area (Å²) in [6.07, 6.45) is 4.15. The monoisotopic (exact) mass is 226 g/mol. The van der Waals surface area contributed by atoms with Gasteiger partial charge >= 0.3 is 0 Å². The molecule has 0 saturated carbocycles. The zero-order chi connectivity index (χ0) is 12.0. The van der Waals surface area contributed by atoms with Gasteiger partial charge in [0.05, 0.1) is 6.04 Å². The molecular weight excluding hydrogens is 200 g/mol. The molecule has 1 aliphatic heterocycles. The van der Waals surface area contributed by atoms with Gasteiger partial charge in [0.2, 0.25) is 0 Å². The lowest BCUT2D eigenvalue weighted by Gasteiger charge is -2.38. The van der Waals surface area contributed by atoms with Crippen LogP contribution in [-0.2, 0) is 4.79 Å². The summed E-state index contributed by atoms with van der Waals surface area (Å²) in [4.78, 5) is 14.2. The molecule has 0 radical (unpaired) electrons. The zero-order valence-corrected chi connectivity index (χ0v) is 11.0. The van der Waals surface area contributed by atoms with E-state index >= 15 is 0 Å². The third-order valence-electron chi connectivity index (χ3n) is 3.57. The zero-order valence-electron chi connectivity index (χ0n) is 11.0. The van der Waals surface area contributed by atoms with Gasteiger partial charge in [-0.2, -0.15) is 0 Å². The Morgan fingerprint density at radius 3 is 2.50 bits per heavy atom. The topological polar surface area (TPSA) is 32.3 Å². The molecule has 94 valence electrons. The predicted molar refractivity (Wildman–Crippen MR) is 67.6 cm³/mol. The molecule has 0 bridgehead atoms. The summed E-state index contributed by atoms with van der Waals surface area (Å²) in [5, 5.41) is 3.38. The van der Waals surface area contributed by atoms with Gasteiger partial charge in [-0.3, -0.25) is 9.69 Å². The third kappa shape index (κ3) is 3.56. The normalized spacial score (nSPS) is 20.0. The molecule has 1 rings (SSSR count). The fourth-order valence-corrected chi connectivity index (χ4v) is 2.57. The second kappa shape index (κ2) is 7.02. The first kappa shape index (κ1) is 13.7. The van der Waals surface area contributed by atoms with Crippen molar-refractivity contribution in [3.63, 3.8) is 0 Å². The Morgan fingerprint density at radius 2 is 2.00 bits per heavy atom. The van der Waals surface area contributed by atoms with Crippen LogP contribution in [0.25, 0.3) is 0 Å². The highest BCUT2D eigenvalue weighted by Crippen LogP contribution is 2.16. The summed E-state index contributed by atoms with van der Waals surface area (Å²) in [6, 6.07) is 0.708. The maximum atomic E-state index is 11.8. The fourth-order valence-electron chi connectivity index (χ4n) is 2.57. The lowest BCUT2D eigenvalue weighted by atomic mass is 10.0. The Kier molecular flexibility index (Phi) is 5.99. The van der Waals surface area contributed by atoms with Crippen molar-refractivity contribution in [2.24, 2.45) is 0 Å². The maximum Gasteiger partial charge on any atom is 0.149 e. The number of ketones is 1. The van der Waals surface area contributed by atoms with E-state index in [1.54, 1.807) is 0 Å². The van der Waals surface area contributed by atoms with Gasteiger partial charge < -0.3 is 5.32 Å². The van der Waals surface area contributed by atoms with Crippen LogP contribution in [0.5, 0.6) is 0 Å². The van der Waals surface area contributed by atoms with Crippen molar-refractivity contribution in [2.75, 3.05) is 19.6 Å². The van der Waals surface area contributed by atoms with Crippen LogP contribution in [0.15, 0.2) is 0 Å². The summed E-state index contributed by atoms with van der Waals surface area (Å²) in [6.45, 7) is 9.47. The number of hydrogen-bond acceptors (Lipinski definition) is 3. The second-order valence-corrected chi connectivity index (χ2v) is 4.71. The molecule has 16 heavy (non-hydrogen) atoms. The van der Waals surface area contributed by atoms with Gasteiger partial charge in [-0.1, -0.05) is 13.8 Å². The van der Waals surface area contributed by atoms with E-state index in [2.05, 4.69) is 24.1 Å². The minimum absolute atomic E-state index is 0.105. The molecule has 0 aromatic carbocycles. The third-order valence-corrected chi connectivity index (χ3v) is 3.57. The summed E-state index contributed by atoms with van der Waals surface area (Å²) < 4.78 is 0. The molecule has 1 N–H and O–H groups in total. The lowest BCUT2D eigenvalue weighted by Crippen LogP contribution is -2.50. The number of piperidine rings is 1. The number of rotatable bonds is 6. The second-order valence-electron chi connectivity index (χ2n) is 4.71. The van der Waals surface area contributed by atoms with Crippen LogP contribution in [0.2, 0.25) is 0 Å². The van der Waals surface area contributed by atoms with Crippen LogP contribution >= 0.6 is 0 Å². The minimum atomic E-state index is 0.105. The Labute approximate surface area is 99.6 Å². The summed E-state index contributed by atoms with van der Waals surface area (Å²) in [5.74, 6) is 0.381. The summed E-state index contributed by atoms with van der Waals surface area (Å²) in [5.41, 5.74) is 0. The van der Waals surface area contributed by atoms with Crippen LogP contribution in [0.3, 0.4) is 0 Å². The molecule has 1 heterocycles. The molecule has 0 aliphatic carbocycles. The number of hydrogen-bond donors (Lipinski definition) is 1. The molecule has 1 atom stereocenters. The highest BCUT2D eigenvalue weighted by Gasteiger charge is 2.27. The van der Waals surface area contributed by atoms with Gasteiger partial charge in [-0.25, -0.2) is 0 Å². The van der Waals surface area contributed by atoms with E-state index in [4.69, 9.17) is 0 Å². The van der Waals surface area contributed by atoms with E-state index in [1.165, 1.54) is 12.8 Å². The van der Waals surface area contributed by atoms with Crippen LogP contribution in [0.4, 0.5) is 0 Å². The highest BCUT2D eigenvalue weighted by molar-refractivity contribution is 5.83. The largest absolute Gasteiger partial charge is 0.317 e. The predicted octanol–water partition coefficient (Wildman–Crippen LogP) is 1.82. The number of carbonyl (C=O) groups excluding carboxylic acids is 1. The van der Waals surface area contributed by atoms with Crippen LogP contribution < -0.4 is 5.32 Å². The Balaban J connectivity index is 2.60. The van der Waals surface area contributed by atoms with E-state index in [0.717, 1.165) is 26.1 Å². The van der Waals surface area contributed by atoms with Crippen LogP contribution in [-0.4, -0.2) is 42.4 Å². The first-order valence-electron chi connectivity index (χ1n) is 6.69. The number of nitrogens with zero attached hydrogens (tertiary/aromatic N) is 1. The number of carbonyl (C=O) groups is 1. The first-order valence-corrected chi connectivity index (χ1v) is 6.69. The SMILES string of the molecule is CCCN(C1CCNCC1)C(C)C(=O)CC. The lowest BCUT2D eigenvalue weighted by molar-refractivity contribution is -0.124. The maximum absolute atomic E-state index is 11.8. The molecule has 3 nitrogen and oxygen atoms in total. The number of Topliss-reactive ketones (excluding diaryl/α,β-unsaturated/α-hetero) is 1. The van der Waals surface area contributed by atoms with Gasteiger partial charge in [0.1, 0.15) is 5.78 Å². The fraction of sp³-hybridized carbons (Fsp3) is 0.923. The molecular formula is C13H26N2O. The van der Waals surface area contributed by atoms with Crippen molar-refractivity contribution in [1.29, 1.82) is 0 Å². The highest BCUT2D eigenvalue weighted by atomic mass is 16.1. The molecule has 0 amide bonds. The van der Waals surface area contributed by atoms with E-state index in [9.17, 15) is 4.79 Å². The minimum Gasteiger partial charge on any atom is -0.317 e. The van der Waals surface area contributed by atoms with Crippen molar-refractivity contribution in [3.05, 3.63) is 0 Å². The Bertz CT molecular complexity index is 212. The molecule has 3 heteroatoms. The Hall–Kier alpha value is -0.410. The van der Waals surface area contributed by atoms with Gasteiger partial charge in [0, 0.05) is 12.5 Å².